The van der Waals surface area contributed by atoms with Gasteiger partial charge in [0.1, 0.15) is 0 Å². The number of hydrogen-bond acceptors (Lipinski definition) is 2. The van der Waals surface area contributed by atoms with Crippen LogP contribution < -0.4 is 0 Å². The zero-order valence-electron chi connectivity index (χ0n) is 35.2. The van der Waals surface area contributed by atoms with Crippen LogP contribution in [0.3, 0.4) is 0 Å². The molecule has 15 rings (SSSR count). The van der Waals surface area contributed by atoms with Crippen LogP contribution in [0.15, 0.2) is 224 Å². The van der Waals surface area contributed by atoms with E-state index in [1.165, 1.54) is 88.3 Å². The normalized spacial score (nSPS) is 14.4. The Hall–Kier alpha value is -8.40. The fraction of sp³-hybridized carbons (Fsp3) is 0.0323. The SMILES string of the molecule is c1ccc(-c2nc(-n3c4ccc5c(c4c4c6ccccc6ccc43)-c3ccccc3C53c4ccccc4C4(c5ccccc5-c5ccccc54)c4ccccc43)nc3ccccc23)cc1. The number of rotatable bonds is 2. The third kappa shape index (κ3) is 4.22. The second-order valence-electron chi connectivity index (χ2n) is 17.9. The Morgan fingerprint density at radius 1 is 0.323 bits per heavy atom. The summed E-state index contributed by atoms with van der Waals surface area (Å²) < 4.78 is 2.33. The molecule has 0 radical (unpaired) electrons. The first kappa shape index (κ1) is 35.1. The van der Waals surface area contributed by atoms with E-state index in [0.717, 1.165) is 33.2 Å². The molecule has 0 N–H and O–H groups in total. The average molecular weight is 824 g/mol. The minimum atomic E-state index is -0.607. The van der Waals surface area contributed by atoms with Gasteiger partial charge in [0, 0.05) is 21.7 Å². The standard InChI is InChI=1S/C62H37N3/c1-2-19-39(20-3-1)59-44-25-9-17-33-53(44)63-60(64-59)65-54-36-34-38-18-4-5-21-40(38)57(54)58-55(65)37-35-52-56(58)43-24-8-12-28-47(43)62(52)50-31-15-13-29-48(50)61(49-30-14-16-32-51(49)62)45-26-10-6-22-41(45)42-23-7-11-27-46(42)61/h1-37H. The fourth-order valence-electron chi connectivity index (χ4n) is 12.8. The van der Waals surface area contributed by atoms with Crippen molar-refractivity contribution in [2.75, 3.05) is 0 Å². The van der Waals surface area contributed by atoms with E-state index in [2.05, 4.69) is 229 Å². The first-order valence-electron chi connectivity index (χ1n) is 22.6. The van der Waals surface area contributed by atoms with Crippen molar-refractivity contribution < 1.29 is 0 Å². The van der Waals surface area contributed by atoms with Gasteiger partial charge >= 0.3 is 0 Å². The van der Waals surface area contributed by atoms with E-state index < -0.39 is 10.8 Å². The van der Waals surface area contributed by atoms with Crippen LogP contribution in [0.2, 0.25) is 0 Å². The maximum Gasteiger partial charge on any atom is 0.235 e. The lowest BCUT2D eigenvalue weighted by molar-refractivity contribution is 0.633. The Labute approximate surface area is 375 Å². The number of aromatic nitrogens is 3. The number of hydrogen-bond donors (Lipinski definition) is 0. The molecule has 65 heavy (non-hydrogen) atoms. The molecule has 0 bridgehead atoms. The van der Waals surface area contributed by atoms with Crippen molar-refractivity contribution in [2.24, 2.45) is 0 Å². The lowest BCUT2D eigenvalue weighted by Crippen LogP contribution is -2.43. The highest BCUT2D eigenvalue weighted by molar-refractivity contribution is 6.26. The predicted octanol–water partition coefficient (Wildman–Crippen LogP) is 14.6. The van der Waals surface area contributed by atoms with E-state index >= 15 is 0 Å². The minimum absolute atomic E-state index is 0.496. The summed E-state index contributed by atoms with van der Waals surface area (Å²) in [5, 5.41) is 5.89. The van der Waals surface area contributed by atoms with Gasteiger partial charge in [0.15, 0.2) is 0 Å². The Bertz CT molecular complexity index is 3930. The Kier molecular flexibility index (Phi) is 6.82. The molecule has 0 fully saturated rings. The van der Waals surface area contributed by atoms with Crippen molar-refractivity contribution in [3.8, 4) is 39.5 Å². The lowest BCUT2D eigenvalue weighted by Gasteiger charge is -2.48. The lowest BCUT2D eigenvalue weighted by atomic mass is 9.52. The number of para-hydroxylation sites is 1. The van der Waals surface area contributed by atoms with E-state index in [0.29, 0.717) is 5.95 Å². The fourth-order valence-corrected chi connectivity index (χ4v) is 12.8. The molecule has 3 heteroatoms. The van der Waals surface area contributed by atoms with Crippen molar-refractivity contribution in [2.45, 2.75) is 10.8 Å². The topological polar surface area (TPSA) is 30.7 Å². The monoisotopic (exact) mass is 823 g/mol. The molecule has 3 aliphatic rings. The smallest absolute Gasteiger partial charge is 0.235 e. The van der Waals surface area contributed by atoms with Crippen LogP contribution in [0.25, 0.3) is 82.9 Å². The van der Waals surface area contributed by atoms with Crippen molar-refractivity contribution in [3.63, 3.8) is 0 Å². The van der Waals surface area contributed by atoms with Gasteiger partial charge < -0.3 is 0 Å². The molecule has 3 aliphatic carbocycles. The maximum atomic E-state index is 5.50. The van der Waals surface area contributed by atoms with Gasteiger partial charge in [-0.2, -0.15) is 0 Å². The molecule has 3 nitrogen and oxygen atoms in total. The summed E-state index contributed by atoms with van der Waals surface area (Å²) in [6.07, 6.45) is 0. The summed E-state index contributed by atoms with van der Waals surface area (Å²) in [6, 6.07) is 83.3. The molecule has 0 unspecified atom stereocenters. The summed E-state index contributed by atoms with van der Waals surface area (Å²) in [5.74, 6) is 0.660. The molecule has 0 amide bonds. The van der Waals surface area contributed by atoms with Crippen molar-refractivity contribution in [1.82, 2.24) is 14.5 Å². The minimum Gasteiger partial charge on any atom is -0.278 e. The molecule has 0 aliphatic heterocycles. The molecular formula is C62H37N3. The first-order chi connectivity index (χ1) is 32.3. The van der Waals surface area contributed by atoms with Gasteiger partial charge in [-0.15, -0.1) is 0 Å². The van der Waals surface area contributed by atoms with Crippen LogP contribution in [-0.2, 0) is 10.8 Å². The predicted molar refractivity (Wildman–Crippen MR) is 265 cm³/mol. The molecule has 2 aromatic heterocycles. The summed E-state index contributed by atoms with van der Waals surface area (Å²) in [6.45, 7) is 0. The van der Waals surface area contributed by atoms with Gasteiger partial charge in [-0.1, -0.05) is 206 Å². The second kappa shape index (κ2) is 12.6. The van der Waals surface area contributed by atoms with Crippen molar-refractivity contribution in [1.29, 1.82) is 0 Å². The molecule has 0 saturated carbocycles. The number of fused-ring (bicyclic) bond motifs is 23. The third-order valence-electron chi connectivity index (χ3n) is 15.1. The largest absolute Gasteiger partial charge is 0.278 e. The summed E-state index contributed by atoms with van der Waals surface area (Å²) >= 11 is 0. The van der Waals surface area contributed by atoms with Crippen LogP contribution in [-0.4, -0.2) is 14.5 Å². The Balaban J connectivity index is 1.11. The van der Waals surface area contributed by atoms with Crippen molar-refractivity contribution in [3.05, 3.63) is 269 Å². The van der Waals surface area contributed by atoms with Crippen LogP contribution >= 0.6 is 0 Å². The van der Waals surface area contributed by atoms with Crippen LogP contribution in [0.4, 0.5) is 0 Å². The summed E-state index contributed by atoms with van der Waals surface area (Å²) in [7, 11) is 0. The van der Waals surface area contributed by atoms with Crippen LogP contribution in [0.1, 0.15) is 44.5 Å². The van der Waals surface area contributed by atoms with E-state index in [1.807, 2.05) is 0 Å². The third-order valence-corrected chi connectivity index (χ3v) is 15.1. The van der Waals surface area contributed by atoms with E-state index in [9.17, 15) is 0 Å². The second-order valence-corrected chi connectivity index (χ2v) is 17.9. The Morgan fingerprint density at radius 2 is 0.800 bits per heavy atom. The van der Waals surface area contributed by atoms with Gasteiger partial charge in [-0.3, -0.25) is 4.57 Å². The first-order valence-corrected chi connectivity index (χ1v) is 22.6. The van der Waals surface area contributed by atoms with Crippen LogP contribution in [0.5, 0.6) is 0 Å². The van der Waals surface area contributed by atoms with Crippen molar-refractivity contribution >= 4 is 43.5 Å². The zero-order chi connectivity index (χ0) is 42.4. The molecule has 10 aromatic carbocycles. The van der Waals surface area contributed by atoms with Crippen LogP contribution in [0, 0.1) is 0 Å². The summed E-state index contributed by atoms with van der Waals surface area (Å²) in [5.41, 5.74) is 19.8. The highest BCUT2D eigenvalue weighted by atomic mass is 15.2. The molecule has 300 valence electrons. The van der Waals surface area contributed by atoms with Gasteiger partial charge in [0.25, 0.3) is 0 Å². The zero-order valence-corrected chi connectivity index (χ0v) is 35.2. The van der Waals surface area contributed by atoms with E-state index in [1.54, 1.807) is 0 Å². The molecular weight excluding hydrogens is 787 g/mol. The quantitative estimate of drug-likeness (QED) is 0.174. The van der Waals surface area contributed by atoms with Gasteiger partial charge in [0.2, 0.25) is 5.95 Å². The number of benzene rings is 10. The molecule has 0 saturated heterocycles. The molecule has 2 heterocycles. The molecule has 12 aromatic rings. The summed E-state index contributed by atoms with van der Waals surface area (Å²) in [4.78, 5) is 10.9. The van der Waals surface area contributed by atoms with Gasteiger partial charge in [-0.25, -0.2) is 9.97 Å². The average Bonchev–Trinajstić information content (AvgIpc) is 3.99. The molecule has 0 atom stereocenters. The van der Waals surface area contributed by atoms with E-state index in [4.69, 9.17) is 9.97 Å². The Morgan fingerprint density at radius 3 is 1.46 bits per heavy atom. The molecule has 2 spiro atoms. The highest BCUT2D eigenvalue weighted by Gasteiger charge is 2.59. The van der Waals surface area contributed by atoms with Gasteiger partial charge in [0.05, 0.1) is 33.1 Å². The maximum absolute atomic E-state index is 5.50. The highest BCUT2D eigenvalue weighted by Crippen LogP contribution is 2.68. The van der Waals surface area contributed by atoms with Gasteiger partial charge in [-0.05, 0) is 95.7 Å². The number of nitrogens with zero attached hydrogens (tertiary/aromatic N) is 3. The van der Waals surface area contributed by atoms with E-state index in [-0.39, 0.29) is 0 Å².